The third kappa shape index (κ3) is 3.47. The molecule has 0 spiro atoms. The van der Waals surface area contributed by atoms with Crippen molar-refractivity contribution in [1.29, 1.82) is 0 Å². The molecule has 0 unspecified atom stereocenters. The minimum absolute atomic E-state index is 0.435. The lowest BCUT2D eigenvalue weighted by molar-refractivity contribution is 0.0141. The first-order valence-corrected chi connectivity index (χ1v) is 7.16. The predicted molar refractivity (Wildman–Crippen MR) is 74.5 cm³/mol. The molecule has 102 valence electrons. The van der Waals surface area contributed by atoms with Crippen LogP contribution in [0.5, 0.6) is 0 Å². The van der Waals surface area contributed by atoms with Gasteiger partial charge in [-0.25, -0.2) is 0 Å². The summed E-state index contributed by atoms with van der Waals surface area (Å²) in [4.78, 5) is 2.37. The Morgan fingerprint density at radius 1 is 1.39 bits per heavy atom. The van der Waals surface area contributed by atoms with Crippen molar-refractivity contribution >= 4 is 0 Å². The van der Waals surface area contributed by atoms with Gasteiger partial charge in [-0.05, 0) is 25.7 Å². The lowest BCUT2D eigenvalue weighted by Gasteiger charge is -2.43. The van der Waals surface area contributed by atoms with Crippen LogP contribution in [0.3, 0.4) is 0 Å². The lowest BCUT2D eigenvalue weighted by atomic mass is 9.69. The molecule has 1 aliphatic heterocycles. The quantitative estimate of drug-likeness (QED) is 0.723. The number of rotatable bonds is 6. The predicted octanol–water partition coefficient (Wildman–Crippen LogP) is 1.49. The van der Waals surface area contributed by atoms with E-state index in [0.717, 1.165) is 32.8 Å². The van der Waals surface area contributed by atoms with Gasteiger partial charge in [-0.15, -0.1) is 6.42 Å². The number of hydrogen-bond donors (Lipinski definition) is 1. The van der Waals surface area contributed by atoms with Crippen LogP contribution in [0.25, 0.3) is 0 Å². The van der Waals surface area contributed by atoms with Gasteiger partial charge in [-0.3, -0.25) is 4.90 Å². The van der Waals surface area contributed by atoms with Gasteiger partial charge in [0.25, 0.3) is 0 Å². The highest BCUT2D eigenvalue weighted by atomic mass is 16.5. The van der Waals surface area contributed by atoms with Gasteiger partial charge in [0.05, 0.1) is 13.2 Å². The van der Waals surface area contributed by atoms with Crippen LogP contribution in [0.1, 0.15) is 32.1 Å². The highest BCUT2D eigenvalue weighted by Gasteiger charge is 2.37. The third-order valence-electron chi connectivity index (χ3n) is 4.53. The van der Waals surface area contributed by atoms with E-state index in [1.54, 1.807) is 0 Å². The molecule has 0 aromatic heterocycles. The number of hydrogen-bond acceptors (Lipinski definition) is 3. The Morgan fingerprint density at radius 3 is 2.61 bits per heavy atom. The van der Waals surface area contributed by atoms with Gasteiger partial charge in [0.2, 0.25) is 0 Å². The summed E-state index contributed by atoms with van der Waals surface area (Å²) in [7, 11) is 1.82. The summed E-state index contributed by atoms with van der Waals surface area (Å²) in [6, 6.07) is 0.674. The number of nitrogens with one attached hydrogen (secondary N) is 1. The van der Waals surface area contributed by atoms with Gasteiger partial charge in [-0.2, -0.15) is 0 Å². The maximum absolute atomic E-state index is 5.37. The second-order valence-electron chi connectivity index (χ2n) is 5.92. The van der Waals surface area contributed by atoms with Gasteiger partial charge in [0.1, 0.15) is 0 Å². The summed E-state index contributed by atoms with van der Waals surface area (Å²) in [6.45, 7) is 5.12. The second kappa shape index (κ2) is 6.56. The first kappa shape index (κ1) is 13.9. The van der Waals surface area contributed by atoms with Gasteiger partial charge in [0, 0.05) is 38.2 Å². The second-order valence-corrected chi connectivity index (χ2v) is 5.92. The van der Waals surface area contributed by atoms with Crippen LogP contribution in [0.15, 0.2) is 0 Å². The van der Waals surface area contributed by atoms with E-state index in [-0.39, 0.29) is 0 Å². The number of likely N-dealkylation sites (tertiary alicyclic amines) is 1. The fourth-order valence-corrected chi connectivity index (χ4v) is 3.14. The topological polar surface area (TPSA) is 24.5 Å². The zero-order valence-corrected chi connectivity index (χ0v) is 11.6. The molecule has 0 radical (unpaired) electrons. The fraction of sp³-hybridized carbons (Fsp3) is 0.867. The normalized spacial score (nSPS) is 24.4. The monoisotopic (exact) mass is 250 g/mol. The van der Waals surface area contributed by atoms with E-state index in [0.29, 0.717) is 11.5 Å². The summed E-state index contributed by atoms with van der Waals surface area (Å²) < 4.78 is 5.37. The zero-order chi connectivity index (χ0) is 12.8. The number of nitrogens with zero attached hydrogens (tertiary/aromatic N) is 1. The van der Waals surface area contributed by atoms with E-state index in [9.17, 15) is 0 Å². The van der Waals surface area contributed by atoms with E-state index in [4.69, 9.17) is 11.2 Å². The summed E-state index contributed by atoms with van der Waals surface area (Å²) in [5, 5.41) is 3.75. The van der Waals surface area contributed by atoms with Crippen molar-refractivity contribution in [1.82, 2.24) is 10.2 Å². The van der Waals surface area contributed by atoms with E-state index < -0.39 is 0 Å². The largest absolute Gasteiger partial charge is 0.384 e. The van der Waals surface area contributed by atoms with Crippen molar-refractivity contribution in [3.05, 3.63) is 0 Å². The molecule has 18 heavy (non-hydrogen) atoms. The minimum atomic E-state index is 0.435. The van der Waals surface area contributed by atoms with Crippen molar-refractivity contribution in [2.24, 2.45) is 5.41 Å². The van der Waals surface area contributed by atoms with E-state index in [1.165, 1.54) is 32.1 Å². The molecule has 2 aliphatic rings. The van der Waals surface area contributed by atoms with Crippen molar-refractivity contribution in [3.63, 3.8) is 0 Å². The molecule has 0 amide bonds. The minimum Gasteiger partial charge on any atom is -0.384 e. The number of terminal acetylenes is 1. The third-order valence-corrected chi connectivity index (χ3v) is 4.53. The van der Waals surface area contributed by atoms with Crippen LogP contribution in [-0.4, -0.2) is 50.8 Å². The summed E-state index contributed by atoms with van der Waals surface area (Å²) in [5.41, 5.74) is 0.435. The Balaban J connectivity index is 1.67. The molecule has 0 aromatic carbocycles. The summed E-state index contributed by atoms with van der Waals surface area (Å²) in [5.74, 6) is 2.73. The van der Waals surface area contributed by atoms with Crippen molar-refractivity contribution in [2.45, 2.75) is 38.1 Å². The highest BCUT2D eigenvalue weighted by molar-refractivity contribution is 4.93. The molecule has 1 saturated heterocycles. The standard InChI is InChI=1S/C15H26N2O/c1-3-9-17-10-5-14(6-11-17)16-12-15(13-18-2)7-4-8-15/h1,14,16H,4-13H2,2H3. The van der Waals surface area contributed by atoms with Crippen LogP contribution in [0.4, 0.5) is 0 Å². The molecular weight excluding hydrogens is 224 g/mol. The van der Waals surface area contributed by atoms with Gasteiger partial charge >= 0.3 is 0 Å². The van der Waals surface area contributed by atoms with Crippen molar-refractivity contribution in [2.75, 3.05) is 39.9 Å². The first-order chi connectivity index (χ1) is 8.78. The van der Waals surface area contributed by atoms with E-state index in [1.807, 2.05) is 7.11 Å². The Kier molecular flexibility index (Phi) is 5.05. The van der Waals surface area contributed by atoms with Crippen LogP contribution in [-0.2, 0) is 4.74 Å². The Morgan fingerprint density at radius 2 is 2.11 bits per heavy atom. The molecule has 2 rings (SSSR count). The number of piperidine rings is 1. The Labute approximate surface area is 111 Å². The maximum atomic E-state index is 5.37. The van der Waals surface area contributed by atoms with E-state index >= 15 is 0 Å². The fourth-order valence-electron chi connectivity index (χ4n) is 3.14. The highest BCUT2D eigenvalue weighted by Crippen LogP contribution is 2.40. The van der Waals surface area contributed by atoms with Gasteiger partial charge in [0.15, 0.2) is 0 Å². The van der Waals surface area contributed by atoms with E-state index in [2.05, 4.69) is 16.1 Å². The van der Waals surface area contributed by atoms with Crippen LogP contribution in [0, 0.1) is 17.8 Å². The smallest absolute Gasteiger partial charge is 0.0598 e. The average Bonchev–Trinajstić information content (AvgIpc) is 2.35. The van der Waals surface area contributed by atoms with Gasteiger partial charge in [-0.1, -0.05) is 12.3 Å². The summed E-state index contributed by atoms with van der Waals surface area (Å²) in [6.07, 6.45) is 11.8. The molecule has 0 bridgehead atoms. The molecular formula is C15H26N2O. The maximum Gasteiger partial charge on any atom is 0.0598 e. The molecule has 3 heteroatoms. The first-order valence-electron chi connectivity index (χ1n) is 7.16. The number of methoxy groups -OCH3 is 1. The molecule has 1 saturated carbocycles. The summed E-state index contributed by atoms with van der Waals surface area (Å²) >= 11 is 0. The SMILES string of the molecule is C#CCN1CCC(NCC2(COC)CCC2)CC1. The molecule has 1 N–H and O–H groups in total. The van der Waals surface area contributed by atoms with Crippen LogP contribution >= 0.6 is 0 Å². The molecule has 0 aromatic rings. The van der Waals surface area contributed by atoms with Crippen molar-refractivity contribution < 1.29 is 4.74 Å². The molecule has 1 heterocycles. The lowest BCUT2D eigenvalue weighted by Crippen LogP contribution is -2.49. The zero-order valence-electron chi connectivity index (χ0n) is 11.6. The Hall–Kier alpha value is -0.560. The molecule has 3 nitrogen and oxygen atoms in total. The average molecular weight is 250 g/mol. The van der Waals surface area contributed by atoms with Crippen molar-refractivity contribution in [3.8, 4) is 12.3 Å². The van der Waals surface area contributed by atoms with Gasteiger partial charge < -0.3 is 10.1 Å². The molecule has 0 atom stereocenters. The number of ether oxygens (including phenoxy) is 1. The van der Waals surface area contributed by atoms with Crippen LogP contribution < -0.4 is 5.32 Å². The molecule has 2 fully saturated rings. The molecule has 1 aliphatic carbocycles. The van der Waals surface area contributed by atoms with Crippen LogP contribution in [0.2, 0.25) is 0 Å². The Bertz CT molecular complexity index is 285.